The molecule has 0 bridgehead atoms. The van der Waals surface area contributed by atoms with Crippen LogP contribution < -0.4 is 15.8 Å². The van der Waals surface area contributed by atoms with Crippen LogP contribution in [0.3, 0.4) is 0 Å². The Balaban J connectivity index is 2.06. The number of anilines is 1. The van der Waals surface area contributed by atoms with Crippen molar-refractivity contribution < 1.29 is 9.53 Å². The molecule has 2 aromatic rings. The van der Waals surface area contributed by atoms with E-state index in [0.717, 1.165) is 5.56 Å². The Hall–Kier alpha value is -2.49. The molecule has 0 spiro atoms. The molecule has 0 radical (unpaired) electrons. The maximum absolute atomic E-state index is 12.2. The third-order valence-electron chi connectivity index (χ3n) is 3.04. The van der Waals surface area contributed by atoms with Crippen LogP contribution in [0.5, 0.6) is 5.75 Å². The quantitative estimate of drug-likeness (QED) is 0.830. The number of ether oxygens (including phenoxy) is 1. The van der Waals surface area contributed by atoms with Gasteiger partial charge in [-0.05, 0) is 31.5 Å². The Labute approximate surface area is 124 Å². The molecule has 0 unspecified atom stereocenters. The molecule has 0 heterocycles. The number of carbonyl (C=O) groups is 1. The number of nitrogens with one attached hydrogen (secondary N) is 1. The third kappa shape index (κ3) is 4.24. The second-order valence-corrected chi connectivity index (χ2v) is 4.90. The minimum atomic E-state index is -0.162. The highest BCUT2D eigenvalue weighted by Crippen LogP contribution is 2.19. The van der Waals surface area contributed by atoms with Crippen LogP contribution in [0.2, 0.25) is 0 Å². The monoisotopic (exact) mass is 284 g/mol. The van der Waals surface area contributed by atoms with Crippen LogP contribution in [0.4, 0.5) is 5.69 Å². The van der Waals surface area contributed by atoms with Crippen molar-refractivity contribution in [1.82, 2.24) is 5.32 Å². The van der Waals surface area contributed by atoms with Gasteiger partial charge in [0.05, 0.1) is 6.61 Å². The highest BCUT2D eigenvalue weighted by Gasteiger charge is 2.08. The first-order valence-corrected chi connectivity index (χ1v) is 6.95. The largest absolute Gasteiger partial charge is 0.494 e. The second-order valence-electron chi connectivity index (χ2n) is 4.90. The summed E-state index contributed by atoms with van der Waals surface area (Å²) in [4.78, 5) is 12.2. The molecule has 21 heavy (non-hydrogen) atoms. The molecule has 0 aliphatic carbocycles. The number of benzene rings is 2. The molecule has 0 aliphatic rings. The molecule has 0 aromatic heterocycles. The molecule has 110 valence electrons. The SMILES string of the molecule is CCOc1cc(N)cc(C(=O)NCc2cccc(C)c2)c1. The number of rotatable bonds is 5. The van der Waals surface area contributed by atoms with Gasteiger partial charge in [-0.2, -0.15) is 0 Å². The van der Waals surface area contributed by atoms with E-state index in [1.165, 1.54) is 5.56 Å². The fourth-order valence-electron chi connectivity index (χ4n) is 2.11. The number of aryl methyl sites for hydroxylation is 1. The predicted octanol–water partition coefficient (Wildman–Crippen LogP) is 2.91. The van der Waals surface area contributed by atoms with Crippen molar-refractivity contribution in [2.24, 2.45) is 0 Å². The lowest BCUT2D eigenvalue weighted by Crippen LogP contribution is -2.23. The van der Waals surface area contributed by atoms with Gasteiger partial charge in [0.25, 0.3) is 5.91 Å². The summed E-state index contributed by atoms with van der Waals surface area (Å²) in [5.41, 5.74) is 9.05. The molecule has 0 aliphatic heterocycles. The van der Waals surface area contributed by atoms with Crippen molar-refractivity contribution in [2.45, 2.75) is 20.4 Å². The molecular formula is C17H20N2O2. The number of nitrogens with two attached hydrogens (primary N) is 1. The molecule has 3 N–H and O–H groups in total. The van der Waals surface area contributed by atoms with Gasteiger partial charge >= 0.3 is 0 Å². The van der Waals surface area contributed by atoms with Gasteiger partial charge in [-0.15, -0.1) is 0 Å². The molecule has 2 aromatic carbocycles. The van der Waals surface area contributed by atoms with E-state index in [2.05, 4.69) is 5.32 Å². The fourth-order valence-corrected chi connectivity index (χ4v) is 2.11. The zero-order valence-electron chi connectivity index (χ0n) is 12.3. The molecule has 0 saturated carbocycles. The summed E-state index contributed by atoms with van der Waals surface area (Å²) in [6.45, 7) is 4.94. The summed E-state index contributed by atoms with van der Waals surface area (Å²) in [5, 5.41) is 2.89. The summed E-state index contributed by atoms with van der Waals surface area (Å²) < 4.78 is 5.40. The number of nitrogen functional groups attached to an aromatic ring is 1. The topological polar surface area (TPSA) is 64.3 Å². The van der Waals surface area contributed by atoms with Gasteiger partial charge in [0.2, 0.25) is 0 Å². The van der Waals surface area contributed by atoms with E-state index in [9.17, 15) is 4.79 Å². The van der Waals surface area contributed by atoms with Crippen LogP contribution >= 0.6 is 0 Å². The predicted molar refractivity (Wildman–Crippen MR) is 84.4 cm³/mol. The lowest BCUT2D eigenvalue weighted by molar-refractivity contribution is 0.0950. The first kappa shape index (κ1) is 14.9. The summed E-state index contributed by atoms with van der Waals surface area (Å²) in [6, 6.07) is 13.1. The Bertz CT molecular complexity index is 638. The van der Waals surface area contributed by atoms with Crippen molar-refractivity contribution in [3.63, 3.8) is 0 Å². The van der Waals surface area contributed by atoms with E-state index in [1.807, 2.05) is 38.1 Å². The smallest absolute Gasteiger partial charge is 0.251 e. The number of amides is 1. The zero-order valence-corrected chi connectivity index (χ0v) is 12.3. The number of carbonyl (C=O) groups excluding carboxylic acids is 1. The summed E-state index contributed by atoms with van der Waals surface area (Å²) in [7, 11) is 0. The van der Waals surface area contributed by atoms with Crippen molar-refractivity contribution in [1.29, 1.82) is 0 Å². The molecule has 0 saturated heterocycles. The third-order valence-corrected chi connectivity index (χ3v) is 3.04. The van der Waals surface area contributed by atoms with Gasteiger partial charge in [0.15, 0.2) is 0 Å². The lowest BCUT2D eigenvalue weighted by atomic mass is 10.1. The minimum Gasteiger partial charge on any atom is -0.494 e. The summed E-state index contributed by atoms with van der Waals surface area (Å²) >= 11 is 0. The molecule has 2 rings (SSSR count). The van der Waals surface area contributed by atoms with Gasteiger partial charge in [0.1, 0.15) is 5.75 Å². The van der Waals surface area contributed by atoms with E-state index >= 15 is 0 Å². The Morgan fingerprint density at radius 1 is 1.24 bits per heavy atom. The van der Waals surface area contributed by atoms with E-state index in [-0.39, 0.29) is 5.91 Å². The normalized spacial score (nSPS) is 10.2. The average Bonchev–Trinajstić information content (AvgIpc) is 2.44. The highest BCUT2D eigenvalue weighted by atomic mass is 16.5. The Morgan fingerprint density at radius 2 is 2.05 bits per heavy atom. The van der Waals surface area contributed by atoms with E-state index in [4.69, 9.17) is 10.5 Å². The molecular weight excluding hydrogens is 264 g/mol. The van der Waals surface area contributed by atoms with Gasteiger partial charge in [-0.1, -0.05) is 29.8 Å². The fraction of sp³-hybridized carbons (Fsp3) is 0.235. The van der Waals surface area contributed by atoms with Gasteiger partial charge in [0, 0.05) is 23.9 Å². The van der Waals surface area contributed by atoms with Crippen LogP contribution in [0.25, 0.3) is 0 Å². The van der Waals surface area contributed by atoms with Crippen molar-refractivity contribution in [2.75, 3.05) is 12.3 Å². The maximum atomic E-state index is 12.2. The van der Waals surface area contributed by atoms with Crippen molar-refractivity contribution in [3.8, 4) is 5.75 Å². The summed E-state index contributed by atoms with van der Waals surface area (Å²) in [5.74, 6) is 0.447. The highest BCUT2D eigenvalue weighted by molar-refractivity contribution is 5.95. The van der Waals surface area contributed by atoms with E-state index in [0.29, 0.717) is 30.2 Å². The van der Waals surface area contributed by atoms with Crippen LogP contribution in [0.15, 0.2) is 42.5 Å². The van der Waals surface area contributed by atoms with Crippen LogP contribution in [-0.4, -0.2) is 12.5 Å². The van der Waals surface area contributed by atoms with Crippen LogP contribution in [-0.2, 0) is 6.54 Å². The molecule has 4 heteroatoms. The van der Waals surface area contributed by atoms with E-state index in [1.54, 1.807) is 18.2 Å². The molecule has 0 atom stereocenters. The van der Waals surface area contributed by atoms with Gasteiger partial charge < -0.3 is 15.8 Å². The number of hydrogen-bond acceptors (Lipinski definition) is 3. The van der Waals surface area contributed by atoms with E-state index < -0.39 is 0 Å². The van der Waals surface area contributed by atoms with Crippen LogP contribution in [0.1, 0.15) is 28.4 Å². The molecule has 1 amide bonds. The minimum absolute atomic E-state index is 0.162. The average molecular weight is 284 g/mol. The number of hydrogen-bond donors (Lipinski definition) is 2. The lowest BCUT2D eigenvalue weighted by Gasteiger charge is -2.09. The van der Waals surface area contributed by atoms with Gasteiger partial charge in [-0.25, -0.2) is 0 Å². The summed E-state index contributed by atoms with van der Waals surface area (Å²) in [6.07, 6.45) is 0. The zero-order chi connectivity index (χ0) is 15.2. The van der Waals surface area contributed by atoms with Crippen LogP contribution in [0, 0.1) is 6.92 Å². The van der Waals surface area contributed by atoms with Gasteiger partial charge in [-0.3, -0.25) is 4.79 Å². The first-order chi connectivity index (χ1) is 10.1. The Kier molecular flexibility index (Phi) is 4.82. The van der Waals surface area contributed by atoms with Crippen molar-refractivity contribution in [3.05, 3.63) is 59.2 Å². The molecule has 4 nitrogen and oxygen atoms in total. The van der Waals surface area contributed by atoms with Crippen molar-refractivity contribution >= 4 is 11.6 Å². The first-order valence-electron chi connectivity index (χ1n) is 6.95. The standard InChI is InChI=1S/C17H20N2O2/c1-3-21-16-9-14(8-15(18)10-16)17(20)19-11-13-6-4-5-12(2)7-13/h4-10H,3,11,18H2,1-2H3,(H,19,20). The Morgan fingerprint density at radius 3 is 2.76 bits per heavy atom. The maximum Gasteiger partial charge on any atom is 0.251 e. The second kappa shape index (κ2) is 6.79. The molecule has 0 fully saturated rings.